The van der Waals surface area contributed by atoms with Crippen molar-refractivity contribution in [3.63, 3.8) is 0 Å². The third-order valence-electron chi connectivity index (χ3n) is 3.10. The summed E-state index contributed by atoms with van der Waals surface area (Å²) in [6.07, 6.45) is 7.11. The van der Waals surface area contributed by atoms with Gasteiger partial charge in [0.1, 0.15) is 18.4 Å². The highest BCUT2D eigenvalue weighted by Gasteiger charge is 2.36. The van der Waals surface area contributed by atoms with E-state index in [2.05, 4.69) is 23.9 Å². The van der Waals surface area contributed by atoms with Crippen LogP contribution in [-0.2, 0) is 5.72 Å². The Morgan fingerprint density at radius 3 is 2.50 bits per heavy atom. The standard InChI is InChI=1S/C15H18ClN3O/c1-4-9-15(12(2)3,19-11-17-10-18-19)20-14-7-5-13(16)6-8-14/h4-12H,1-3H3. The summed E-state index contributed by atoms with van der Waals surface area (Å²) in [5.74, 6) is 0.896. The summed E-state index contributed by atoms with van der Waals surface area (Å²) in [6, 6.07) is 7.30. The summed E-state index contributed by atoms with van der Waals surface area (Å²) in [7, 11) is 0. The van der Waals surface area contributed by atoms with Gasteiger partial charge in [0.15, 0.2) is 0 Å². The molecule has 2 rings (SSSR count). The fraction of sp³-hybridized carbons (Fsp3) is 0.333. The number of halogens is 1. The Morgan fingerprint density at radius 2 is 2.00 bits per heavy atom. The molecule has 0 bridgehead atoms. The van der Waals surface area contributed by atoms with Crippen LogP contribution in [0.1, 0.15) is 20.8 Å². The Morgan fingerprint density at radius 1 is 1.30 bits per heavy atom. The topological polar surface area (TPSA) is 39.9 Å². The van der Waals surface area contributed by atoms with Crippen LogP contribution in [0.25, 0.3) is 0 Å². The van der Waals surface area contributed by atoms with Gasteiger partial charge >= 0.3 is 0 Å². The maximum absolute atomic E-state index is 6.22. The van der Waals surface area contributed by atoms with E-state index in [1.165, 1.54) is 6.33 Å². The van der Waals surface area contributed by atoms with Gasteiger partial charge in [0.05, 0.1) is 0 Å². The van der Waals surface area contributed by atoms with Gasteiger partial charge in [-0.05, 0) is 37.3 Å². The van der Waals surface area contributed by atoms with Crippen LogP contribution in [0.5, 0.6) is 5.75 Å². The number of hydrogen-bond donors (Lipinski definition) is 0. The Bertz CT molecular complexity index is 563. The van der Waals surface area contributed by atoms with Gasteiger partial charge in [-0.1, -0.05) is 31.5 Å². The molecule has 0 amide bonds. The largest absolute Gasteiger partial charge is 0.462 e. The number of benzene rings is 1. The predicted molar refractivity (Wildman–Crippen MR) is 79.7 cm³/mol. The molecule has 0 aliphatic rings. The van der Waals surface area contributed by atoms with E-state index < -0.39 is 5.72 Å². The molecule has 1 aromatic carbocycles. The number of hydrogen-bond acceptors (Lipinski definition) is 3. The normalized spacial score (nSPS) is 14.7. The zero-order chi connectivity index (χ0) is 14.6. The van der Waals surface area contributed by atoms with E-state index in [0.29, 0.717) is 5.02 Å². The van der Waals surface area contributed by atoms with Gasteiger partial charge in [-0.2, -0.15) is 5.10 Å². The second-order valence-electron chi connectivity index (χ2n) is 4.80. The molecule has 2 aromatic rings. The van der Waals surface area contributed by atoms with Gasteiger partial charge in [-0.15, -0.1) is 0 Å². The third-order valence-corrected chi connectivity index (χ3v) is 3.36. The van der Waals surface area contributed by atoms with Crippen molar-refractivity contribution in [2.24, 2.45) is 5.92 Å². The fourth-order valence-electron chi connectivity index (χ4n) is 2.05. The van der Waals surface area contributed by atoms with Gasteiger partial charge in [0.25, 0.3) is 0 Å². The fourth-order valence-corrected chi connectivity index (χ4v) is 2.18. The quantitative estimate of drug-likeness (QED) is 0.785. The number of ether oxygens (including phenoxy) is 1. The first kappa shape index (κ1) is 14.6. The molecule has 1 atom stereocenters. The third kappa shape index (κ3) is 2.85. The van der Waals surface area contributed by atoms with Gasteiger partial charge in [0, 0.05) is 10.9 Å². The first-order valence-corrected chi connectivity index (χ1v) is 6.90. The van der Waals surface area contributed by atoms with Gasteiger partial charge in [0.2, 0.25) is 5.72 Å². The van der Waals surface area contributed by atoms with E-state index in [-0.39, 0.29) is 5.92 Å². The minimum atomic E-state index is -0.709. The van der Waals surface area contributed by atoms with Crippen LogP contribution in [0.4, 0.5) is 0 Å². The molecule has 5 heteroatoms. The molecule has 106 valence electrons. The van der Waals surface area contributed by atoms with Crippen molar-refractivity contribution in [1.82, 2.24) is 14.8 Å². The zero-order valence-corrected chi connectivity index (χ0v) is 12.6. The molecular formula is C15H18ClN3O. The minimum absolute atomic E-state index is 0.163. The molecule has 0 fully saturated rings. The zero-order valence-electron chi connectivity index (χ0n) is 11.8. The highest BCUT2D eigenvalue weighted by Crippen LogP contribution is 2.31. The minimum Gasteiger partial charge on any atom is -0.462 e. The lowest BCUT2D eigenvalue weighted by atomic mass is 9.98. The average Bonchev–Trinajstić information content (AvgIpc) is 2.94. The maximum Gasteiger partial charge on any atom is 0.224 e. The monoisotopic (exact) mass is 291 g/mol. The molecule has 0 spiro atoms. The molecule has 0 aliphatic heterocycles. The summed E-state index contributed by atoms with van der Waals surface area (Å²) in [5.41, 5.74) is -0.709. The van der Waals surface area contributed by atoms with Gasteiger partial charge in [-0.3, -0.25) is 0 Å². The number of nitrogens with zero attached hydrogens (tertiary/aromatic N) is 3. The van der Waals surface area contributed by atoms with Crippen LogP contribution in [-0.4, -0.2) is 14.8 Å². The van der Waals surface area contributed by atoms with Crippen molar-refractivity contribution in [3.8, 4) is 5.75 Å². The molecule has 1 aromatic heterocycles. The van der Waals surface area contributed by atoms with Crippen molar-refractivity contribution in [3.05, 3.63) is 54.1 Å². The lowest BCUT2D eigenvalue weighted by molar-refractivity contribution is -0.0163. The summed E-state index contributed by atoms with van der Waals surface area (Å²) in [6.45, 7) is 6.12. The van der Waals surface area contributed by atoms with Crippen molar-refractivity contribution >= 4 is 11.6 Å². The maximum atomic E-state index is 6.22. The molecule has 0 N–H and O–H groups in total. The average molecular weight is 292 g/mol. The van der Waals surface area contributed by atoms with Crippen molar-refractivity contribution in [1.29, 1.82) is 0 Å². The van der Waals surface area contributed by atoms with Gasteiger partial charge in [-0.25, -0.2) is 9.67 Å². The molecule has 1 unspecified atom stereocenters. The van der Waals surface area contributed by atoms with Crippen LogP contribution in [0.15, 0.2) is 49.1 Å². The van der Waals surface area contributed by atoms with E-state index in [1.807, 2.05) is 31.2 Å². The van der Waals surface area contributed by atoms with Crippen LogP contribution in [0.2, 0.25) is 5.02 Å². The lowest BCUT2D eigenvalue weighted by Crippen LogP contribution is -2.43. The van der Waals surface area contributed by atoms with E-state index in [0.717, 1.165) is 5.75 Å². The Labute approximate surface area is 124 Å². The Balaban J connectivity index is 2.43. The second-order valence-corrected chi connectivity index (χ2v) is 5.24. The SMILES string of the molecule is CC=CC(Oc1ccc(Cl)cc1)(C(C)C)n1cncn1. The summed E-state index contributed by atoms with van der Waals surface area (Å²) in [5, 5.41) is 4.93. The number of allylic oxidation sites excluding steroid dienone is 1. The Hall–Kier alpha value is -1.81. The molecule has 1 heterocycles. The highest BCUT2D eigenvalue weighted by molar-refractivity contribution is 6.30. The molecule has 4 nitrogen and oxygen atoms in total. The number of rotatable bonds is 5. The van der Waals surface area contributed by atoms with Gasteiger partial charge < -0.3 is 4.74 Å². The molecule has 0 aliphatic carbocycles. The predicted octanol–water partition coefficient (Wildman–Crippen LogP) is 3.90. The van der Waals surface area contributed by atoms with Crippen LogP contribution in [0.3, 0.4) is 0 Å². The second kappa shape index (κ2) is 6.09. The molecule has 0 saturated carbocycles. The molecule has 0 radical (unpaired) electrons. The van der Waals surface area contributed by atoms with Crippen LogP contribution in [0, 0.1) is 5.92 Å². The molecule has 0 saturated heterocycles. The van der Waals surface area contributed by atoms with E-state index in [9.17, 15) is 0 Å². The molecular weight excluding hydrogens is 274 g/mol. The van der Waals surface area contributed by atoms with Crippen LogP contribution < -0.4 is 4.74 Å². The summed E-state index contributed by atoms with van der Waals surface area (Å²) >= 11 is 5.91. The summed E-state index contributed by atoms with van der Waals surface area (Å²) < 4.78 is 7.95. The van der Waals surface area contributed by atoms with E-state index in [1.54, 1.807) is 23.1 Å². The van der Waals surface area contributed by atoms with Crippen molar-refractivity contribution in [2.45, 2.75) is 26.5 Å². The highest BCUT2D eigenvalue weighted by atomic mass is 35.5. The first-order chi connectivity index (χ1) is 9.58. The van der Waals surface area contributed by atoms with Crippen LogP contribution >= 0.6 is 11.6 Å². The first-order valence-electron chi connectivity index (χ1n) is 6.52. The van der Waals surface area contributed by atoms with E-state index in [4.69, 9.17) is 16.3 Å². The van der Waals surface area contributed by atoms with Crippen molar-refractivity contribution in [2.75, 3.05) is 0 Å². The van der Waals surface area contributed by atoms with Crippen molar-refractivity contribution < 1.29 is 4.74 Å². The smallest absolute Gasteiger partial charge is 0.224 e. The molecule has 20 heavy (non-hydrogen) atoms. The summed E-state index contributed by atoms with van der Waals surface area (Å²) in [4.78, 5) is 4.03. The lowest BCUT2D eigenvalue weighted by Gasteiger charge is -2.35. The Kier molecular flexibility index (Phi) is 4.45. The number of aromatic nitrogens is 3. The van der Waals surface area contributed by atoms with E-state index >= 15 is 0 Å².